The van der Waals surface area contributed by atoms with Crippen molar-refractivity contribution in [1.82, 2.24) is 4.90 Å². The zero-order chi connectivity index (χ0) is 13.7. The summed E-state index contributed by atoms with van der Waals surface area (Å²) in [5, 5.41) is 0. The van der Waals surface area contributed by atoms with Crippen molar-refractivity contribution in [3.05, 3.63) is 28.2 Å². The van der Waals surface area contributed by atoms with Crippen LogP contribution in [-0.2, 0) is 4.79 Å². The highest BCUT2D eigenvalue weighted by Gasteiger charge is 2.12. The average molecular weight is 315 g/mol. The van der Waals surface area contributed by atoms with E-state index in [1.54, 1.807) is 11.9 Å². The highest BCUT2D eigenvalue weighted by Crippen LogP contribution is 2.27. The summed E-state index contributed by atoms with van der Waals surface area (Å²) in [6.45, 7) is 4.50. The number of nitrogens with two attached hydrogens (primary N) is 1. The molecule has 2 N–H and O–H groups in total. The summed E-state index contributed by atoms with van der Waals surface area (Å²) in [5.74, 6) is 0.602. The number of nitrogens with zero attached hydrogens (tertiary/aromatic N) is 1. The van der Waals surface area contributed by atoms with Crippen LogP contribution in [0.1, 0.15) is 25.5 Å². The molecule has 0 fully saturated rings. The van der Waals surface area contributed by atoms with Gasteiger partial charge >= 0.3 is 0 Å². The van der Waals surface area contributed by atoms with Crippen molar-refractivity contribution in [2.45, 2.75) is 19.9 Å². The summed E-state index contributed by atoms with van der Waals surface area (Å²) in [4.78, 5) is 13.3. The molecule has 100 valence electrons. The van der Waals surface area contributed by atoms with Gasteiger partial charge in [0.1, 0.15) is 5.75 Å². The smallest absolute Gasteiger partial charge is 0.260 e. The summed E-state index contributed by atoms with van der Waals surface area (Å²) in [5.41, 5.74) is 6.76. The maximum absolute atomic E-state index is 11.7. The van der Waals surface area contributed by atoms with Crippen LogP contribution in [0.25, 0.3) is 0 Å². The topological polar surface area (TPSA) is 55.6 Å². The number of hydrogen-bond acceptors (Lipinski definition) is 3. The highest BCUT2D eigenvalue weighted by atomic mass is 79.9. The number of benzene rings is 1. The molecule has 1 aromatic carbocycles. The fourth-order valence-electron chi connectivity index (χ4n) is 1.44. The van der Waals surface area contributed by atoms with Gasteiger partial charge in [0, 0.05) is 29.7 Å². The Kier molecular flexibility index (Phi) is 5.62. The first-order chi connectivity index (χ1) is 8.45. The molecule has 0 spiro atoms. The van der Waals surface area contributed by atoms with E-state index in [2.05, 4.69) is 15.9 Å². The van der Waals surface area contributed by atoms with Crippen LogP contribution in [0, 0.1) is 0 Å². The fourth-order valence-corrected chi connectivity index (χ4v) is 1.78. The van der Waals surface area contributed by atoms with Gasteiger partial charge in [0.2, 0.25) is 0 Å². The zero-order valence-corrected chi connectivity index (χ0v) is 12.5. The van der Waals surface area contributed by atoms with E-state index >= 15 is 0 Å². The zero-order valence-electron chi connectivity index (χ0n) is 10.9. The van der Waals surface area contributed by atoms with E-state index in [0.29, 0.717) is 12.3 Å². The molecule has 0 unspecified atom stereocenters. The van der Waals surface area contributed by atoms with Gasteiger partial charge in [0.25, 0.3) is 5.91 Å². The lowest BCUT2D eigenvalue weighted by atomic mass is 10.1. The van der Waals surface area contributed by atoms with Crippen molar-refractivity contribution in [3.8, 4) is 5.75 Å². The molecule has 0 aliphatic carbocycles. The summed E-state index contributed by atoms with van der Waals surface area (Å²) < 4.78 is 6.46. The van der Waals surface area contributed by atoms with Gasteiger partial charge in [-0.2, -0.15) is 0 Å². The molecule has 0 saturated carbocycles. The van der Waals surface area contributed by atoms with Gasteiger partial charge in [-0.3, -0.25) is 4.79 Å². The highest BCUT2D eigenvalue weighted by molar-refractivity contribution is 9.10. The Morgan fingerprint density at radius 3 is 2.78 bits per heavy atom. The standard InChI is InChI=1S/C13H19BrN2O2/c1-4-16(3)13(17)8-18-12-7-10(14)5-6-11(12)9(2)15/h5-7,9H,4,8,15H2,1-3H3/t9-/m1/s1. The molecule has 1 atom stereocenters. The van der Waals surface area contributed by atoms with Crippen molar-refractivity contribution in [1.29, 1.82) is 0 Å². The Morgan fingerprint density at radius 2 is 2.22 bits per heavy atom. The molecule has 0 radical (unpaired) electrons. The van der Waals surface area contributed by atoms with Gasteiger partial charge in [-0.15, -0.1) is 0 Å². The second-order valence-corrected chi connectivity index (χ2v) is 5.08. The normalized spacial score (nSPS) is 12.1. The number of carbonyl (C=O) groups excluding carboxylic acids is 1. The van der Waals surface area contributed by atoms with Crippen LogP contribution in [0.3, 0.4) is 0 Å². The molecular formula is C13H19BrN2O2. The summed E-state index contributed by atoms with van der Waals surface area (Å²) >= 11 is 3.38. The van der Waals surface area contributed by atoms with Crippen LogP contribution in [0.5, 0.6) is 5.75 Å². The van der Waals surface area contributed by atoms with Gasteiger partial charge in [-0.25, -0.2) is 0 Å². The van der Waals surface area contributed by atoms with Gasteiger partial charge in [-0.05, 0) is 26.0 Å². The number of likely N-dealkylation sites (N-methyl/N-ethyl adjacent to an activating group) is 1. The molecule has 0 heterocycles. The van der Waals surface area contributed by atoms with Crippen molar-refractivity contribution < 1.29 is 9.53 Å². The summed E-state index contributed by atoms with van der Waals surface area (Å²) in [6.07, 6.45) is 0. The van der Waals surface area contributed by atoms with Crippen LogP contribution < -0.4 is 10.5 Å². The Morgan fingerprint density at radius 1 is 1.56 bits per heavy atom. The molecule has 18 heavy (non-hydrogen) atoms. The third-order valence-electron chi connectivity index (χ3n) is 2.72. The molecule has 1 aromatic rings. The molecule has 0 aliphatic heterocycles. The average Bonchev–Trinajstić information content (AvgIpc) is 2.34. The molecule has 0 bridgehead atoms. The Labute approximate surface area is 116 Å². The number of ether oxygens (including phenoxy) is 1. The minimum absolute atomic E-state index is 0.0283. The SMILES string of the molecule is CCN(C)C(=O)COc1cc(Br)ccc1[C@@H](C)N. The quantitative estimate of drug-likeness (QED) is 0.907. The van der Waals surface area contributed by atoms with E-state index in [-0.39, 0.29) is 18.6 Å². The van der Waals surface area contributed by atoms with E-state index < -0.39 is 0 Å². The lowest BCUT2D eigenvalue weighted by molar-refractivity contribution is -0.131. The maximum atomic E-state index is 11.7. The van der Waals surface area contributed by atoms with Crippen molar-refractivity contribution in [2.75, 3.05) is 20.2 Å². The van der Waals surface area contributed by atoms with E-state index in [9.17, 15) is 4.79 Å². The second kappa shape index (κ2) is 6.75. The predicted octanol–water partition coefficient (Wildman–Crippen LogP) is 2.33. The lowest BCUT2D eigenvalue weighted by Crippen LogP contribution is -2.31. The maximum Gasteiger partial charge on any atom is 0.260 e. The van der Waals surface area contributed by atoms with E-state index in [0.717, 1.165) is 10.0 Å². The van der Waals surface area contributed by atoms with Gasteiger partial charge in [-0.1, -0.05) is 22.0 Å². The van der Waals surface area contributed by atoms with Crippen LogP contribution in [0.15, 0.2) is 22.7 Å². The molecule has 4 nitrogen and oxygen atoms in total. The molecule has 1 amide bonds. The van der Waals surface area contributed by atoms with Crippen LogP contribution >= 0.6 is 15.9 Å². The van der Waals surface area contributed by atoms with E-state index in [4.69, 9.17) is 10.5 Å². The van der Waals surface area contributed by atoms with Gasteiger partial charge in [0.15, 0.2) is 6.61 Å². The number of rotatable bonds is 5. The Balaban J connectivity index is 2.77. The molecule has 0 aliphatic rings. The largest absolute Gasteiger partial charge is 0.483 e. The number of halogens is 1. The number of hydrogen-bond donors (Lipinski definition) is 1. The monoisotopic (exact) mass is 314 g/mol. The van der Waals surface area contributed by atoms with Gasteiger partial charge in [0.05, 0.1) is 0 Å². The van der Waals surface area contributed by atoms with Crippen molar-refractivity contribution >= 4 is 21.8 Å². The third-order valence-corrected chi connectivity index (χ3v) is 3.21. The van der Waals surface area contributed by atoms with E-state index in [1.165, 1.54) is 0 Å². The molecule has 0 saturated heterocycles. The van der Waals surface area contributed by atoms with Crippen molar-refractivity contribution in [2.24, 2.45) is 5.73 Å². The first kappa shape index (κ1) is 15.0. The van der Waals surface area contributed by atoms with Gasteiger partial charge < -0.3 is 15.4 Å². The van der Waals surface area contributed by atoms with Crippen molar-refractivity contribution in [3.63, 3.8) is 0 Å². The first-order valence-corrected chi connectivity index (χ1v) is 6.66. The van der Waals surface area contributed by atoms with Crippen LogP contribution in [0.4, 0.5) is 0 Å². The molecular weight excluding hydrogens is 296 g/mol. The lowest BCUT2D eigenvalue weighted by Gasteiger charge is -2.17. The molecule has 1 rings (SSSR count). The number of amides is 1. The third kappa shape index (κ3) is 3.99. The fraction of sp³-hybridized carbons (Fsp3) is 0.462. The van der Waals surface area contributed by atoms with Crippen LogP contribution in [0.2, 0.25) is 0 Å². The Bertz CT molecular complexity index is 421. The number of carbonyl (C=O) groups is 1. The minimum atomic E-state index is -0.132. The van der Waals surface area contributed by atoms with Crippen LogP contribution in [-0.4, -0.2) is 31.0 Å². The molecule has 5 heteroatoms. The molecule has 0 aromatic heterocycles. The summed E-state index contributed by atoms with van der Waals surface area (Å²) in [7, 11) is 1.75. The Hall–Kier alpha value is -1.07. The predicted molar refractivity (Wildman–Crippen MR) is 75.6 cm³/mol. The van der Waals surface area contributed by atoms with E-state index in [1.807, 2.05) is 32.0 Å². The first-order valence-electron chi connectivity index (χ1n) is 5.87. The summed E-state index contributed by atoms with van der Waals surface area (Å²) in [6, 6.07) is 5.51. The minimum Gasteiger partial charge on any atom is -0.483 e. The second-order valence-electron chi connectivity index (χ2n) is 4.17.